The molecule has 2 saturated carbocycles. The van der Waals surface area contributed by atoms with Gasteiger partial charge in [-0.3, -0.25) is 0 Å². The second-order valence-corrected chi connectivity index (χ2v) is 7.27. The predicted octanol–water partition coefficient (Wildman–Crippen LogP) is 7.10. The molecule has 0 aromatic carbocycles. The SMILES string of the molecule is C1=CC2CCC(CC[C@H]3CCC4C=CC=CC43)C2C=C1.[CH3-].[CH3-].[CH3-].[CH3-].[Zr+4]. The summed E-state index contributed by atoms with van der Waals surface area (Å²) in [6.45, 7) is 0. The predicted molar refractivity (Wildman–Crippen MR) is 111 cm³/mol. The molecule has 25 heavy (non-hydrogen) atoms. The molecular weight excluding hydrogens is 379 g/mol. The molecule has 0 aliphatic heterocycles. The minimum atomic E-state index is 0. The standard InChI is InChI=1S/C20H26.4CH3.Zr/c1-3-7-19-15(5-1)9-11-17(19)13-14-18-12-10-16-6-2-4-8-20(16)18;;;;;/h1-8,15-20H,9-14H2;4*1H3;/q;4*-1;+4/t15?,16?,17-,18?,19?,20?;;;;;/m1...../s1. The minimum absolute atomic E-state index is 0. The van der Waals surface area contributed by atoms with Crippen LogP contribution in [0, 0.1) is 65.2 Å². The Hall–Kier alpha value is -0.157. The van der Waals surface area contributed by atoms with Crippen LogP contribution < -0.4 is 0 Å². The van der Waals surface area contributed by atoms with E-state index in [1.54, 1.807) is 0 Å². The first-order valence-corrected chi connectivity index (χ1v) is 8.62. The molecule has 1 heteroatoms. The average molecular weight is 418 g/mol. The smallest absolute Gasteiger partial charge is 0.358 e. The molecule has 0 saturated heterocycles. The van der Waals surface area contributed by atoms with Gasteiger partial charge in [-0.1, -0.05) is 48.6 Å². The summed E-state index contributed by atoms with van der Waals surface area (Å²) < 4.78 is 0. The zero-order valence-corrected chi connectivity index (χ0v) is 19.3. The Morgan fingerprint density at radius 2 is 0.880 bits per heavy atom. The van der Waals surface area contributed by atoms with Gasteiger partial charge in [0.05, 0.1) is 0 Å². The summed E-state index contributed by atoms with van der Waals surface area (Å²) in [5, 5.41) is 0. The number of rotatable bonds is 3. The molecule has 4 aliphatic carbocycles. The van der Waals surface area contributed by atoms with E-state index in [-0.39, 0.29) is 55.9 Å². The van der Waals surface area contributed by atoms with Gasteiger partial charge in [0.1, 0.15) is 0 Å². The van der Waals surface area contributed by atoms with E-state index in [0.717, 1.165) is 35.5 Å². The molecule has 0 aromatic heterocycles. The van der Waals surface area contributed by atoms with E-state index in [1.807, 2.05) is 0 Å². The summed E-state index contributed by atoms with van der Waals surface area (Å²) >= 11 is 0. The number of allylic oxidation sites excluding steroid dienone is 8. The fraction of sp³-hybridized carbons (Fsp3) is 0.500. The van der Waals surface area contributed by atoms with E-state index in [2.05, 4.69) is 48.6 Å². The maximum Gasteiger partial charge on any atom is 4.00 e. The molecule has 6 atom stereocenters. The normalized spacial score (nSPS) is 35.8. The molecule has 0 N–H and O–H groups in total. The van der Waals surface area contributed by atoms with Crippen LogP contribution in [0.5, 0.6) is 0 Å². The van der Waals surface area contributed by atoms with Gasteiger partial charge >= 0.3 is 26.2 Å². The molecule has 5 unspecified atom stereocenters. The van der Waals surface area contributed by atoms with Crippen LogP contribution in [0.25, 0.3) is 0 Å². The Bertz CT molecular complexity index is 426. The van der Waals surface area contributed by atoms with Gasteiger partial charge in [0.25, 0.3) is 0 Å². The van der Waals surface area contributed by atoms with Crippen molar-refractivity contribution in [3.05, 3.63) is 78.3 Å². The second kappa shape index (κ2) is 12.3. The van der Waals surface area contributed by atoms with Crippen LogP contribution >= 0.6 is 0 Å². The largest absolute Gasteiger partial charge is 4.00 e. The van der Waals surface area contributed by atoms with Gasteiger partial charge in [0.15, 0.2) is 0 Å². The van der Waals surface area contributed by atoms with Gasteiger partial charge in [0.2, 0.25) is 0 Å². The quantitative estimate of drug-likeness (QED) is 0.429. The van der Waals surface area contributed by atoms with E-state index in [9.17, 15) is 0 Å². The first-order valence-electron chi connectivity index (χ1n) is 8.62. The van der Waals surface area contributed by atoms with E-state index < -0.39 is 0 Å². The van der Waals surface area contributed by atoms with Crippen molar-refractivity contribution in [2.24, 2.45) is 35.5 Å². The molecule has 0 spiro atoms. The molecule has 4 aliphatic rings. The van der Waals surface area contributed by atoms with Crippen LogP contribution in [-0.4, -0.2) is 0 Å². The summed E-state index contributed by atoms with van der Waals surface area (Å²) in [7, 11) is 0. The van der Waals surface area contributed by atoms with Crippen molar-refractivity contribution in [3.63, 3.8) is 0 Å². The van der Waals surface area contributed by atoms with Crippen LogP contribution in [0.4, 0.5) is 0 Å². The Morgan fingerprint density at radius 1 is 0.520 bits per heavy atom. The Labute approximate surface area is 178 Å². The van der Waals surface area contributed by atoms with E-state index in [0.29, 0.717) is 0 Å². The minimum Gasteiger partial charge on any atom is -0.358 e. The van der Waals surface area contributed by atoms with Crippen LogP contribution in [0.3, 0.4) is 0 Å². The van der Waals surface area contributed by atoms with Crippen molar-refractivity contribution in [2.75, 3.05) is 0 Å². The zero-order chi connectivity index (χ0) is 13.4. The third-order valence-electron chi connectivity index (χ3n) is 6.33. The van der Waals surface area contributed by atoms with Crippen molar-refractivity contribution < 1.29 is 26.2 Å². The van der Waals surface area contributed by atoms with Crippen molar-refractivity contribution in [1.82, 2.24) is 0 Å². The van der Waals surface area contributed by atoms with Crippen molar-refractivity contribution in [3.8, 4) is 0 Å². The van der Waals surface area contributed by atoms with Gasteiger partial charge in [-0.05, 0) is 74.0 Å². The molecule has 0 heterocycles. The van der Waals surface area contributed by atoms with E-state index in [1.165, 1.54) is 38.5 Å². The molecule has 0 nitrogen and oxygen atoms in total. The van der Waals surface area contributed by atoms with Crippen LogP contribution in [-0.2, 0) is 26.2 Å². The van der Waals surface area contributed by atoms with Crippen molar-refractivity contribution in [1.29, 1.82) is 0 Å². The maximum atomic E-state index is 2.49. The van der Waals surface area contributed by atoms with Crippen LogP contribution in [0.15, 0.2) is 48.6 Å². The van der Waals surface area contributed by atoms with Gasteiger partial charge < -0.3 is 29.7 Å². The molecule has 4 rings (SSSR count). The van der Waals surface area contributed by atoms with E-state index >= 15 is 0 Å². The van der Waals surface area contributed by atoms with Crippen molar-refractivity contribution in [2.45, 2.75) is 38.5 Å². The average Bonchev–Trinajstić information content (AvgIpc) is 3.09. The summed E-state index contributed by atoms with van der Waals surface area (Å²) in [5.41, 5.74) is 0. The Morgan fingerprint density at radius 3 is 1.28 bits per heavy atom. The third-order valence-corrected chi connectivity index (χ3v) is 6.33. The monoisotopic (exact) mass is 416 g/mol. The van der Waals surface area contributed by atoms with Crippen molar-refractivity contribution >= 4 is 0 Å². The second-order valence-electron chi connectivity index (χ2n) is 7.27. The van der Waals surface area contributed by atoms with E-state index in [4.69, 9.17) is 0 Å². The van der Waals surface area contributed by atoms with Gasteiger partial charge in [-0.15, -0.1) is 0 Å². The summed E-state index contributed by atoms with van der Waals surface area (Å²) in [6.07, 6.45) is 27.6. The Balaban J connectivity index is 0. The molecule has 0 bridgehead atoms. The van der Waals surface area contributed by atoms with Gasteiger partial charge in [0, 0.05) is 0 Å². The Kier molecular flexibility index (Phi) is 13.3. The molecular formula is C24H38Zr. The fourth-order valence-corrected chi connectivity index (χ4v) is 5.23. The summed E-state index contributed by atoms with van der Waals surface area (Å²) in [6, 6.07) is 0. The molecule has 138 valence electrons. The first kappa shape index (κ1) is 27.1. The first-order chi connectivity index (χ1) is 9.92. The fourth-order valence-electron chi connectivity index (χ4n) is 5.23. The third kappa shape index (κ3) is 5.66. The molecule has 2 fully saturated rings. The van der Waals surface area contributed by atoms with Crippen LogP contribution in [0.1, 0.15) is 38.5 Å². The number of hydrogen-bond donors (Lipinski definition) is 0. The zero-order valence-electron chi connectivity index (χ0n) is 16.8. The van der Waals surface area contributed by atoms with Gasteiger partial charge in [-0.2, -0.15) is 0 Å². The molecule has 0 aromatic rings. The molecule has 0 radical (unpaired) electrons. The topological polar surface area (TPSA) is 0 Å². The summed E-state index contributed by atoms with van der Waals surface area (Å²) in [5.74, 6) is 5.36. The number of fused-ring (bicyclic) bond motifs is 2. The molecule has 0 amide bonds. The van der Waals surface area contributed by atoms with Crippen LogP contribution in [0.2, 0.25) is 0 Å². The maximum absolute atomic E-state index is 2.49. The summed E-state index contributed by atoms with van der Waals surface area (Å²) in [4.78, 5) is 0. The van der Waals surface area contributed by atoms with Gasteiger partial charge in [-0.25, -0.2) is 0 Å². The number of hydrogen-bond acceptors (Lipinski definition) is 0.